The topological polar surface area (TPSA) is 45.2 Å². The minimum atomic E-state index is -0.0826. The summed E-state index contributed by atoms with van der Waals surface area (Å²) >= 11 is 5.98. The largest absolute Gasteiger partial charge is 0.352 e. The summed E-state index contributed by atoms with van der Waals surface area (Å²) in [6, 6.07) is 3.43. The summed E-state index contributed by atoms with van der Waals surface area (Å²) in [5.41, 5.74) is 1.43. The number of hydrogen-bond donors (Lipinski definition) is 1. The van der Waals surface area contributed by atoms with Crippen molar-refractivity contribution in [3.63, 3.8) is 0 Å². The maximum Gasteiger partial charge on any atom is 0.251 e. The molecule has 0 saturated carbocycles. The molecule has 0 saturated heterocycles. The van der Waals surface area contributed by atoms with Gasteiger partial charge in [0.25, 0.3) is 5.91 Å². The number of hydrogen-bond acceptors (Lipinski definition) is 3. The van der Waals surface area contributed by atoms with E-state index >= 15 is 0 Å². The van der Waals surface area contributed by atoms with Crippen LogP contribution in [-0.4, -0.2) is 42.0 Å². The average Bonchev–Trinajstić information content (AvgIpc) is 2.46. The number of halogens is 1. The van der Waals surface area contributed by atoms with Gasteiger partial charge in [-0.2, -0.15) is 0 Å². The van der Waals surface area contributed by atoms with E-state index in [1.54, 1.807) is 6.07 Å². The van der Waals surface area contributed by atoms with Gasteiger partial charge in [0.15, 0.2) is 0 Å². The highest BCUT2D eigenvalue weighted by molar-refractivity contribution is 6.29. The first-order valence-electron chi connectivity index (χ1n) is 7.65. The average molecular weight is 312 g/mol. The van der Waals surface area contributed by atoms with Gasteiger partial charge in [-0.05, 0) is 44.1 Å². The van der Waals surface area contributed by atoms with Gasteiger partial charge in [0.05, 0.1) is 0 Å². The first kappa shape index (κ1) is 17.9. The second-order valence-corrected chi connectivity index (χ2v) is 5.78. The standard InChI is InChI=1S/C16H26ClN3O/c1-5-20(6-2)9-7-8-18-16(21)13-10-14(12(3)4)19-15(17)11-13/h10-12H,5-9H2,1-4H3,(H,18,21). The minimum Gasteiger partial charge on any atom is -0.352 e. The van der Waals surface area contributed by atoms with E-state index in [9.17, 15) is 4.79 Å². The number of pyridine rings is 1. The highest BCUT2D eigenvalue weighted by Gasteiger charge is 2.11. The number of amides is 1. The highest BCUT2D eigenvalue weighted by atomic mass is 35.5. The minimum absolute atomic E-state index is 0.0826. The van der Waals surface area contributed by atoms with Crippen molar-refractivity contribution in [3.05, 3.63) is 28.5 Å². The van der Waals surface area contributed by atoms with Crippen LogP contribution in [0, 0.1) is 0 Å². The number of aromatic nitrogens is 1. The quantitative estimate of drug-likeness (QED) is 0.592. The molecule has 0 atom stereocenters. The maximum absolute atomic E-state index is 12.1. The molecular formula is C16H26ClN3O. The summed E-state index contributed by atoms with van der Waals surface area (Å²) in [5, 5.41) is 3.31. The van der Waals surface area contributed by atoms with E-state index in [2.05, 4.69) is 29.0 Å². The van der Waals surface area contributed by atoms with Crippen molar-refractivity contribution >= 4 is 17.5 Å². The van der Waals surface area contributed by atoms with E-state index in [1.165, 1.54) is 0 Å². The molecule has 1 aromatic heterocycles. The lowest BCUT2D eigenvalue weighted by molar-refractivity contribution is 0.0951. The molecule has 1 N–H and O–H groups in total. The van der Waals surface area contributed by atoms with E-state index in [-0.39, 0.29) is 11.8 Å². The smallest absolute Gasteiger partial charge is 0.251 e. The molecule has 118 valence electrons. The Bertz CT molecular complexity index is 459. The second kappa shape index (κ2) is 9.00. The summed E-state index contributed by atoms with van der Waals surface area (Å²) in [5.74, 6) is 0.165. The molecule has 4 nitrogen and oxygen atoms in total. The summed E-state index contributed by atoms with van der Waals surface area (Å²) in [6.45, 7) is 12.1. The Morgan fingerprint density at radius 2 is 2.00 bits per heavy atom. The van der Waals surface area contributed by atoms with Gasteiger partial charge < -0.3 is 10.2 Å². The molecule has 0 fully saturated rings. The Morgan fingerprint density at radius 3 is 2.57 bits per heavy atom. The third kappa shape index (κ3) is 6.02. The fraction of sp³-hybridized carbons (Fsp3) is 0.625. The zero-order valence-electron chi connectivity index (χ0n) is 13.4. The molecule has 0 aliphatic heterocycles. The zero-order valence-corrected chi connectivity index (χ0v) is 14.2. The van der Waals surface area contributed by atoms with Crippen LogP contribution in [0.2, 0.25) is 5.15 Å². The van der Waals surface area contributed by atoms with Crippen molar-refractivity contribution in [2.45, 2.75) is 40.0 Å². The van der Waals surface area contributed by atoms with Gasteiger partial charge in [0.1, 0.15) is 5.15 Å². The third-order valence-electron chi connectivity index (χ3n) is 3.50. The molecular weight excluding hydrogens is 286 g/mol. The molecule has 0 spiro atoms. The van der Waals surface area contributed by atoms with Gasteiger partial charge in [-0.3, -0.25) is 4.79 Å². The summed E-state index contributed by atoms with van der Waals surface area (Å²) in [7, 11) is 0. The molecule has 0 aliphatic carbocycles. The Hall–Kier alpha value is -1.13. The molecule has 1 aromatic rings. The normalized spacial score (nSPS) is 11.2. The Labute approximate surface area is 132 Å². The number of rotatable bonds is 8. The van der Waals surface area contributed by atoms with Crippen molar-refractivity contribution < 1.29 is 4.79 Å². The summed E-state index contributed by atoms with van der Waals surface area (Å²) in [4.78, 5) is 18.7. The lowest BCUT2D eigenvalue weighted by Gasteiger charge is -2.17. The molecule has 1 amide bonds. The molecule has 1 heterocycles. The summed E-state index contributed by atoms with van der Waals surface area (Å²) < 4.78 is 0. The second-order valence-electron chi connectivity index (χ2n) is 5.39. The van der Waals surface area contributed by atoms with Crippen LogP contribution >= 0.6 is 11.6 Å². The SMILES string of the molecule is CCN(CC)CCCNC(=O)c1cc(Cl)nc(C(C)C)c1. The molecule has 0 bridgehead atoms. The number of nitrogens with one attached hydrogen (secondary N) is 1. The Balaban J connectivity index is 2.52. The molecule has 0 radical (unpaired) electrons. The van der Waals surface area contributed by atoms with E-state index < -0.39 is 0 Å². The van der Waals surface area contributed by atoms with Gasteiger partial charge in [-0.1, -0.05) is 39.3 Å². The van der Waals surface area contributed by atoms with Gasteiger partial charge >= 0.3 is 0 Å². The van der Waals surface area contributed by atoms with Gasteiger partial charge in [0, 0.05) is 17.8 Å². The number of carbonyl (C=O) groups excluding carboxylic acids is 1. The molecule has 0 aliphatic rings. The molecule has 21 heavy (non-hydrogen) atoms. The van der Waals surface area contributed by atoms with Crippen LogP contribution in [0.15, 0.2) is 12.1 Å². The van der Waals surface area contributed by atoms with Gasteiger partial charge in [-0.25, -0.2) is 4.98 Å². The van der Waals surface area contributed by atoms with Crippen LogP contribution in [0.5, 0.6) is 0 Å². The fourth-order valence-electron chi connectivity index (χ4n) is 2.09. The van der Waals surface area contributed by atoms with Crippen LogP contribution in [-0.2, 0) is 0 Å². The van der Waals surface area contributed by atoms with Crippen molar-refractivity contribution in [1.82, 2.24) is 15.2 Å². The van der Waals surface area contributed by atoms with E-state index in [4.69, 9.17) is 11.6 Å². The van der Waals surface area contributed by atoms with Crippen LogP contribution in [0.25, 0.3) is 0 Å². The van der Waals surface area contributed by atoms with Crippen molar-refractivity contribution in [2.24, 2.45) is 0 Å². The van der Waals surface area contributed by atoms with Crippen LogP contribution in [0.3, 0.4) is 0 Å². The van der Waals surface area contributed by atoms with Crippen LogP contribution < -0.4 is 5.32 Å². The first-order valence-corrected chi connectivity index (χ1v) is 8.03. The highest BCUT2D eigenvalue weighted by Crippen LogP contribution is 2.17. The monoisotopic (exact) mass is 311 g/mol. The maximum atomic E-state index is 12.1. The lowest BCUT2D eigenvalue weighted by Crippen LogP contribution is -2.30. The lowest BCUT2D eigenvalue weighted by atomic mass is 10.1. The molecule has 1 rings (SSSR count). The molecule has 0 unspecified atom stereocenters. The fourth-order valence-corrected chi connectivity index (χ4v) is 2.31. The van der Waals surface area contributed by atoms with Gasteiger partial charge in [-0.15, -0.1) is 0 Å². The van der Waals surface area contributed by atoms with E-state index in [0.29, 0.717) is 17.3 Å². The summed E-state index contributed by atoms with van der Waals surface area (Å²) in [6.07, 6.45) is 0.948. The van der Waals surface area contributed by atoms with E-state index in [0.717, 1.165) is 31.7 Å². The van der Waals surface area contributed by atoms with Crippen LogP contribution in [0.4, 0.5) is 0 Å². The van der Waals surface area contributed by atoms with Crippen molar-refractivity contribution in [2.75, 3.05) is 26.2 Å². The van der Waals surface area contributed by atoms with E-state index in [1.807, 2.05) is 19.9 Å². The van der Waals surface area contributed by atoms with Crippen molar-refractivity contribution in [3.8, 4) is 0 Å². The first-order chi connectivity index (χ1) is 9.97. The van der Waals surface area contributed by atoms with Crippen LogP contribution in [0.1, 0.15) is 56.1 Å². The predicted octanol–water partition coefficient (Wildman–Crippen LogP) is 3.32. The van der Waals surface area contributed by atoms with Crippen molar-refractivity contribution in [1.29, 1.82) is 0 Å². The molecule has 0 aromatic carbocycles. The number of carbonyl (C=O) groups is 1. The predicted molar refractivity (Wildman–Crippen MR) is 88.1 cm³/mol. The molecule has 5 heteroatoms. The van der Waals surface area contributed by atoms with Gasteiger partial charge in [0.2, 0.25) is 0 Å². The Morgan fingerprint density at radius 1 is 1.33 bits per heavy atom. The zero-order chi connectivity index (χ0) is 15.8. The number of nitrogens with zero attached hydrogens (tertiary/aromatic N) is 2. The third-order valence-corrected chi connectivity index (χ3v) is 3.69. The Kier molecular flexibility index (Phi) is 7.68.